The van der Waals surface area contributed by atoms with Gasteiger partial charge in [-0.1, -0.05) is 0 Å². The highest BCUT2D eigenvalue weighted by Crippen LogP contribution is 2.40. The van der Waals surface area contributed by atoms with Crippen LogP contribution in [0.4, 0.5) is 0 Å². The number of nitrogens with one attached hydrogen (secondary N) is 1. The molecule has 0 spiro atoms. The third-order valence-corrected chi connectivity index (χ3v) is 3.24. The largest absolute Gasteiger partial charge is 0.466 e. The van der Waals surface area contributed by atoms with Crippen molar-refractivity contribution in [1.82, 2.24) is 5.32 Å². The number of dihydropyridines is 1. The lowest BCUT2D eigenvalue weighted by atomic mass is 9.95. The SMILES string of the molecule is COC(=O)C1=C(C=O)NC(C2CC2)=C(C(=O)OC)C1. The van der Waals surface area contributed by atoms with Crippen LogP contribution in [0.1, 0.15) is 19.3 Å². The molecule has 1 N–H and O–H groups in total. The van der Waals surface area contributed by atoms with Crippen LogP contribution in [0.3, 0.4) is 0 Å². The van der Waals surface area contributed by atoms with Crippen molar-refractivity contribution in [3.05, 3.63) is 22.5 Å². The molecule has 102 valence electrons. The molecule has 0 saturated heterocycles. The fraction of sp³-hybridized carbons (Fsp3) is 0.462. The maximum absolute atomic E-state index is 11.8. The lowest BCUT2D eigenvalue weighted by Gasteiger charge is -2.22. The summed E-state index contributed by atoms with van der Waals surface area (Å²) >= 11 is 0. The zero-order valence-corrected chi connectivity index (χ0v) is 10.8. The fourth-order valence-corrected chi connectivity index (χ4v) is 2.09. The number of aldehydes is 1. The Morgan fingerprint density at radius 3 is 2.21 bits per heavy atom. The van der Waals surface area contributed by atoms with Crippen molar-refractivity contribution in [3.8, 4) is 0 Å². The van der Waals surface area contributed by atoms with E-state index in [1.54, 1.807) is 0 Å². The summed E-state index contributed by atoms with van der Waals surface area (Å²) in [6, 6.07) is 0. The second-order valence-electron chi connectivity index (χ2n) is 4.46. The van der Waals surface area contributed by atoms with Crippen LogP contribution in [0.15, 0.2) is 22.5 Å². The van der Waals surface area contributed by atoms with Gasteiger partial charge in [-0.05, 0) is 18.8 Å². The molecule has 0 radical (unpaired) electrons. The summed E-state index contributed by atoms with van der Waals surface area (Å²) < 4.78 is 9.35. The van der Waals surface area contributed by atoms with E-state index in [1.807, 2.05) is 0 Å². The molecule has 0 aromatic rings. The maximum atomic E-state index is 11.8. The normalized spacial score (nSPS) is 18.8. The third kappa shape index (κ3) is 2.52. The number of hydrogen-bond donors (Lipinski definition) is 1. The molecule has 19 heavy (non-hydrogen) atoms. The second-order valence-corrected chi connectivity index (χ2v) is 4.46. The summed E-state index contributed by atoms with van der Waals surface area (Å²) in [7, 11) is 2.52. The average Bonchev–Trinajstić information content (AvgIpc) is 3.28. The van der Waals surface area contributed by atoms with Gasteiger partial charge in [0.15, 0.2) is 6.29 Å². The summed E-state index contributed by atoms with van der Waals surface area (Å²) in [5.74, 6) is -0.866. The van der Waals surface area contributed by atoms with E-state index in [0.29, 0.717) is 17.6 Å². The minimum atomic E-state index is -0.620. The van der Waals surface area contributed by atoms with E-state index in [-0.39, 0.29) is 23.6 Å². The smallest absolute Gasteiger partial charge is 0.336 e. The van der Waals surface area contributed by atoms with E-state index < -0.39 is 11.9 Å². The molecule has 0 amide bonds. The van der Waals surface area contributed by atoms with Gasteiger partial charge in [0.2, 0.25) is 0 Å². The molecule has 6 heteroatoms. The van der Waals surface area contributed by atoms with Gasteiger partial charge in [-0.25, -0.2) is 9.59 Å². The van der Waals surface area contributed by atoms with Gasteiger partial charge in [0.05, 0.1) is 31.1 Å². The Balaban J connectivity index is 2.36. The van der Waals surface area contributed by atoms with Crippen LogP contribution in [-0.2, 0) is 23.9 Å². The van der Waals surface area contributed by atoms with Crippen LogP contribution in [0.25, 0.3) is 0 Å². The predicted molar refractivity (Wildman–Crippen MR) is 64.6 cm³/mol. The minimum absolute atomic E-state index is 0.0618. The molecule has 6 nitrogen and oxygen atoms in total. The molecule has 0 aromatic heterocycles. The minimum Gasteiger partial charge on any atom is -0.466 e. The Labute approximate surface area is 110 Å². The van der Waals surface area contributed by atoms with Crippen molar-refractivity contribution in [3.63, 3.8) is 0 Å². The Kier molecular flexibility index (Phi) is 3.69. The monoisotopic (exact) mass is 265 g/mol. The van der Waals surface area contributed by atoms with Gasteiger partial charge in [0, 0.05) is 12.1 Å². The van der Waals surface area contributed by atoms with Gasteiger partial charge in [-0.15, -0.1) is 0 Å². The molecule has 1 aliphatic heterocycles. The third-order valence-electron chi connectivity index (χ3n) is 3.24. The molecule has 2 rings (SSSR count). The van der Waals surface area contributed by atoms with Crippen molar-refractivity contribution in [1.29, 1.82) is 0 Å². The second kappa shape index (κ2) is 5.26. The topological polar surface area (TPSA) is 81.7 Å². The molecule has 0 unspecified atom stereocenters. The van der Waals surface area contributed by atoms with Crippen molar-refractivity contribution in [2.24, 2.45) is 5.92 Å². The molecule has 0 atom stereocenters. The lowest BCUT2D eigenvalue weighted by molar-refractivity contribution is -0.137. The number of ether oxygens (including phenoxy) is 2. The summed E-state index contributed by atoms with van der Waals surface area (Å²) in [6.45, 7) is 0. The van der Waals surface area contributed by atoms with Crippen molar-refractivity contribution in [2.75, 3.05) is 14.2 Å². The van der Waals surface area contributed by atoms with Gasteiger partial charge in [-0.2, -0.15) is 0 Å². The van der Waals surface area contributed by atoms with Crippen molar-refractivity contribution in [2.45, 2.75) is 19.3 Å². The Bertz CT molecular complexity index is 499. The molecule has 0 bridgehead atoms. The Hall–Kier alpha value is -2.11. The standard InChI is InChI=1S/C13H15NO5/c1-18-12(16)8-5-9(13(17)19-2)11(7-3-4-7)14-10(8)6-15/h6-7,14H,3-5H2,1-2H3. The predicted octanol–water partition coefficient (Wildman–Crippen LogP) is 0.443. The summed E-state index contributed by atoms with van der Waals surface area (Å²) in [6.07, 6.45) is 2.56. The lowest BCUT2D eigenvalue weighted by Crippen LogP contribution is -2.29. The first kappa shape index (κ1) is 13.3. The molecule has 1 fully saturated rings. The number of allylic oxidation sites excluding steroid dienone is 2. The van der Waals surface area contributed by atoms with Crippen molar-refractivity contribution < 1.29 is 23.9 Å². The van der Waals surface area contributed by atoms with E-state index >= 15 is 0 Å². The molecular weight excluding hydrogens is 250 g/mol. The van der Waals surface area contributed by atoms with Crippen LogP contribution in [-0.4, -0.2) is 32.4 Å². The number of methoxy groups -OCH3 is 2. The van der Waals surface area contributed by atoms with Gasteiger partial charge in [0.1, 0.15) is 0 Å². The van der Waals surface area contributed by atoms with E-state index in [2.05, 4.69) is 10.1 Å². The Morgan fingerprint density at radius 2 is 1.74 bits per heavy atom. The summed E-state index contributed by atoms with van der Waals surface area (Å²) in [5, 5.41) is 2.89. The number of carbonyl (C=O) groups excluding carboxylic acids is 3. The highest BCUT2D eigenvalue weighted by molar-refractivity contribution is 6.00. The van der Waals surface area contributed by atoms with Gasteiger partial charge in [0.25, 0.3) is 0 Å². The van der Waals surface area contributed by atoms with Crippen LogP contribution in [0, 0.1) is 5.92 Å². The maximum Gasteiger partial charge on any atom is 0.336 e. The van der Waals surface area contributed by atoms with E-state index in [9.17, 15) is 14.4 Å². The van der Waals surface area contributed by atoms with Crippen LogP contribution in [0.5, 0.6) is 0 Å². The number of carbonyl (C=O) groups is 3. The quantitative estimate of drug-likeness (QED) is 0.587. The van der Waals surface area contributed by atoms with Gasteiger partial charge >= 0.3 is 11.9 Å². The van der Waals surface area contributed by atoms with Gasteiger partial charge < -0.3 is 14.8 Å². The Morgan fingerprint density at radius 1 is 1.16 bits per heavy atom. The zero-order valence-electron chi connectivity index (χ0n) is 10.8. The van der Waals surface area contributed by atoms with Crippen LogP contribution < -0.4 is 5.32 Å². The van der Waals surface area contributed by atoms with E-state index in [0.717, 1.165) is 12.8 Å². The molecule has 2 aliphatic rings. The van der Waals surface area contributed by atoms with Crippen LogP contribution >= 0.6 is 0 Å². The average molecular weight is 265 g/mol. The van der Waals surface area contributed by atoms with E-state index in [1.165, 1.54) is 14.2 Å². The van der Waals surface area contributed by atoms with Crippen molar-refractivity contribution >= 4 is 18.2 Å². The first-order chi connectivity index (χ1) is 9.12. The van der Waals surface area contributed by atoms with Crippen LogP contribution in [0.2, 0.25) is 0 Å². The molecule has 1 saturated carbocycles. The summed E-state index contributed by atoms with van der Waals surface area (Å²) in [5.41, 5.74) is 1.42. The first-order valence-electron chi connectivity index (χ1n) is 5.97. The highest BCUT2D eigenvalue weighted by atomic mass is 16.5. The number of rotatable bonds is 4. The first-order valence-corrected chi connectivity index (χ1v) is 5.97. The fourth-order valence-electron chi connectivity index (χ4n) is 2.09. The van der Waals surface area contributed by atoms with Gasteiger partial charge in [-0.3, -0.25) is 4.79 Å². The molecular formula is C13H15NO5. The highest BCUT2D eigenvalue weighted by Gasteiger charge is 2.36. The van der Waals surface area contributed by atoms with E-state index in [4.69, 9.17) is 4.74 Å². The molecule has 1 aliphatic carbocycles. The molecule has 0 aromatic carbocycles. The molecule has 1 heterocycles. The number of esters is 2. The number of hydrogen-bond acceptors (Lipinski definition) is 6. The zero-order chi connectivity index (χ0) is 14.0. The summed E-state index contributed by atoms with van der Waals surface area (Å²) in [4.78, 5) is 34.5.